The molecular weight excluding hydrogens is 296 g/mol. The maximum atomic E-state index is 12.0. The molecule has 24 heavy (non-hydrogen) atoms. The van der Waals surface area contributed by atoms with Gasteiger partial charge in [-0.1, -0.05) is 85.5 Å². The van der Waals surface area contributed by atoms with E-state index in [0.29, 0.717) is 0 Å². The minimum atomic E-state index is -0.167. The van der Waals surface area contributed by atoms with Gasteiger partial charge in [0.15, 0.2) is 0 Å². The number of amides is 2. The maximum Gasteiger partial charge on any atom is 0.315 e. The van der Waals surface area contributed by atoms with Crippen LogP contribution in [-0.4, -0.2) is 18.1 Å². The van der Waals surface area contributed by atoms with Crippen molar-refractivity contribution in [1.82, 2.24) is 10.6 Å². The minimum absolute atomic E-state index is 0.0276. The second-order valence-electron chi connectivity index (χ2n) is 9.18. The van der Waals surface area contributed by atoms with Crippen LogP contribution in [0.3, 0.4) is 0 Å². The van der Waals surface area contributed by atoms with Gasteiger partial charge >= 0.3 is 6.03 Å². The lowest BCUT2D eigenvalue weighted by atomic mass is 9.82. The van der Waals surface area contributed by atoms with Crippen molar-refractivity contribution in [2.75, 3.05) is 6.54 Å². The van der Waals surface area contributed by atoms with Crippen molar-refractivity contribution in [2.45, 2.75) is 118 Å². The Kier molecular flexibility index (Phi) is 12.2. The summed E-state index contributed by atoms with van der Waals surface area (Å²) >= 11 is 0. The predicted molar refractivity (Wildman–Crippen MR) is 107 cm³/mol. The van der Waals surface area contributed by atoms with Crippen molar-refractivity contribution in [2.24, 2.45) is 5.41 Å². The molecule has 0 aliphatic carbocycles. The zero-order valence-electron chi connectivity index (χ0n) is 17.4. The molecule has 3 nitrogen and oxygen atoms in total. The zero-order chi connectivity index (χ0) is 18.5. The fraction of sp³-hybridized carbons (Fsp3) is 0.952. The highest BCUT2D eigenvalue weighted by atomic mass is 16.2. The van der Waals surface area contributed by atoms with Gasteiger partial charge in [0.2, 0.25) is 0 Å². The van der Waals surface area contributed by atoms with Crippen LogP contribution in [0.4, 0.5) is 4.79 Å². The summed E-state index contributed by atoms with van der Waals surface area (Å²) in [5.41, 5.74) is 0.0490. The van der Waals surface area contributed by atoms with Gasteiger partial charge in [0.1, 0.15) is 0 Å². The van der Waals surface area contributed by atoms with Crippen molar-refractivity contribution in [3.63, 3.8) is 0 Å². The van der Waals surface area contributed by atoms with Crippen LogP contribution in [0.2, 0.25) is 0 Å². The number of urea groups is 1. The molecule has 0 aliphatic heterocycles. The molecule has 0 radical (unpaired) electrons. The normalized spacial score (nSPS) is 12.2. The van der Waals surface area contributed by atoms with Crippen LogP contribution in [0.25, 0.3) is 0 Å². The van der Waals surface area contributed by atoms with Crippen molar-refractivity contribution in [3.8, 4) is 0 Å². The van der Waals surface area contributed by atoms with Crippen molar-refractivity contribution >= 4 is 6.03 Å². The van der Waals surface area contributed by atoms with E-state index in [9.17, 15) is 4.79 Å². The largest absolute Gasteiger partial charge is 0.338 e. The molecule has 2 N–H and O–H groups in total. The van der Waals surface area contributed by atoms with Gasteiger partial charge in [0, 0.05) is 12.1 Å². The molecule has 3 heteroatoms. The smallest absolute Gasteiger partial charge is 0.315 e. The molecule has 144 valence electrons. The van der Waals surface area contributed by atoms with E-state index in [4.69, 9.17) is 0 Å². The molecule has 0 fully saturated rings. The van der Waals surface area contributed by atoms with Crippen molar-refractivity contribution < 1.29 is 4.79 Å². The van der Waals surface area contributed by atoms with E-state index in [0.717, 1.165) is 19.4 Å². The maximum absolute atomic E-state index is 12.0. The number of carbonyl (C=O) groups excluding carboxylic acids is 1. The van der Waals surface area contributed by atoms with Gasteiger partial charge in [-0.05, 0) is 32.1 Å². The molecule has 0 aliphatic rings. The molecule has 0 aromatic heterocycles. The van der Waals surface area contributed by atoms with Crippen LogP contribution in [0.1, 0.15) is 112 Å². The lowest BCUT2D eigenvalue weighted by Gasteiger charge is -2.33. The van der Waals surface area contributed by atoms with Crippen LogP contribution >= 0.6 is 0 Å². The first-order chi connectivity index (χ1) is 11.2. The Bertz CT molecular complexity index is 318. The fourth-order valence-electron chi connectivity index (χ4n) is 3.54. The first kappa shape index (κ1) is 23.3. The second kappa shape index (κ2) is 12.6. The summed E-state index contributed by atoms with van der Waals surface area (Å²) < 4.78 is 0. The van der Waals surface area contributed by atoms with E-state index in [1.165, 1.54) is 57.8 Å². The molecule has 2 amide bonds. The van der Waals surface area contributed by atoms with Crippen LogP contribution in [0, 0.1) is 5.41 Å². The van der Waals surface area contributed by atoms with E-state index >= 15 is 0 Å². The Morgan fingerprint density at radius 3 is 1.67 bits per heavy atom. The third kappa shape index (κ3) is 16.1. The standard InChI is InChI=1S/C21H44N2O/c1-7-8-9-10-11-12-13-14-15-16-17-22-19(24)23-21(5,6)18-20(2,3)4/h7-18H2,1-6H3,(H2,22,23,24). The van der Waals surface area contributed by atoms with Gasteiger partial charge in [0.05, 0.1) is 0 Å². The van der Waals surface area contributed by atoms with Crippen LogP contribution in [0.5, 0.6) is 0 Å². The SMILES string of the molecule is CCCCCCCCCCCCNC(=O)NC(C)(C)CC(C)(C)C. The van der Waals surface area contributed by atoms with E-state index in [1.54, 1.807) is 0 Å². The summed E-state index contributed by atoms with van der Waals surface area (Å²) in [6.07, 6.45) is 14.2. The average Bonchev–Trinajstić information content (AvgIpc) is 2.41. The molecule has 0 aromatic rings. The highest BCUT2D eigenvalue weighted by Crippen LogP contribution is 2.26. The van der Waals surface area contributed by atoms with E-state index in [1.807, 2.05) is 0 Å². The summed E-state index contributed by atoms with van der Waals surface area (Å²) in [5.74, 6) is 0. The number of carbonyl (C=O) groups is 1. The molecule has 0 aromatic carbocycles. The molecule has 0 rings (SSSR count). The Balaban J connectivity index is 3.53. The summed E-state index contributed by atoms with van der Waals surface area (Å²) in [5, 5.41) is 6.10. The van der Waals surface area contributed by atoms with E-state index in [-0.39, 0.29) is 17.0 Å². The third-order valence-electron chi connectivity index (χ3n) is 4.24. The highest BCUT2D eigenvalue weighted by Gasteiger charge is 2.26. The van der Waals surface area contributed by atoms with Gasteiger partial charge in [-0.15, -0.1) is 0 Å². The van der Waals surface area contributed by atoms with E-state index in [2.05, 4.69) is 52.2 Å². The summed E-state index contributed by atoms with van der Waals surface area (Å²) in [4.78, 5) is 12.0. The first-order valence-corrected chi connectivity index (χ1v) is 10.2. The van der Waals surface area contributed by atoms with Gasteiger partial charge in [-0.2, -0.15) is 0 Å². The number of nitrogens with one attached hydrogen (secondary N) is 2. The minimum Gasteiger partial charge on any atom is -0.338 e. The van der Waals surface area contributed by atoms with Gasteiger partial charge in [-0.25, -0.2) is 4.79 Å². The predicted octanol–water partition coefficient (Wildman–Crippen LogP) is 6.42. The lowest BCUT2D eigenvalue weighted by molar-refractivity contribution is 0.210. The molecule has 0 saturated carbocycles. The second-order valence-corrected chi connectivity index (χ2v) is 9.18. The number of hydrogen-bond acceptors (Lipinski definition) is 1. The third-order valence-corrected chi connectivity index (χ3v) is 4.24. The lowest BCUT2D eigenvalue weighted by Crippen LogP contribution is -2.50. The fourth-order valence-corrected chi connectivity index (χ4v) is 3.54. The van der Waals surface area contributed by atoms with Gasteiger partial charge in [0.25, 0.3) is 0 Å². The Morgan fingerprint density at radius 2 is 1.21 bits per heavy atom. The highest BCUT2D eigenvalue weighted by molar-refractivity contribution is 5.74. The van der Waals surface area contributed by atoms with Crippen LogP contribution in [-0.2, 0) is 0 Å². The van der Waals surface area contributed by atoms with E-state index < -0.39 is 0 Å². The van der Waals surface area contributed by atoms with Crippen molar-refractivity contribution in [1.29, 1.82) is 0 Å². The summed E-state index contributed by atoms with van der Waals surface area (Å²) in [7, 11) is 0. The molecule has 0 atom stereocenters. The zero-order valence-corrected chi connectivity index (χ0v) is 17.4. The van der Waals surface area contributed by atoms with Crippen LogP contribution in [0.15, 0.2) is 0 Å². The molecule has 0 unspecified atom stereocenters. The summed E-state index contributed by atoms with van der Waals surface area (Å²) in [6.45, 7) is 13.9. The topological polar surface area (TPSA) is 41.1 Å². The Morgan fingerprint density at radius 1 is 0.750 bits per heavy atom. The average molecular weight is 341 g/mol. The number of hydrogen-bond donors (Lipinski definition) is 2. The van der Waals surface area contributed by atoms with Crippen LogP contribution < -0.4 is 10.6 Å². The first-order valence-electron chi connectivity index (χ1n) is 10.2. The molecule has 0 heterocycles. The Labute approximate surface area is 151 Å². The number of rotatable bonds is 13. The summed E-state index contributed by atoms with van der Waals surface area (Å²) in [6, 6.07) is -0.0276. The van der Waals surface area contributed by atoms with Gasteiger partial charge in [-0.3, -0.25) is 0 Å². The molecular formula is C21H44N2O. The monoisotopic (exact) mass is 340 g/mol. The molecule has 0 bridgehead atoms. The van der Waals surface area contributed by atoms with Gasteiger partial charge < -0.3 is 10.6 Å². The quantitative estimate of drug-likeness (QED) is 0.373. The van der Waals surface area contributed by atoms with Crippen molar-refractivity contribution in [3.05, 3.63) is 0 Å². The Hall–Kier alpha value is -0.730. The number of unbranched alkanes of at least 4 members (excludes halogenated alkanes) is 9. The molecule has 0 spiro atoms. The molecule has 0 saturated heterocycles.